The molecule has 2 rings (SSSR count). The highest BCUT2D eigenvalue weighted by molar-refractivity contribution is 5.84. The number of hydrogen-bond donors (Lipinski definition) is 1. The van der Waals surface area contributed by atoms with Crippen LogP contribution in [-0.4, -0.2) is 22.9 Å². The van der Waals surface area contributed by atoms with Crippen molar-refractivity contribution in [3.63, 3.8) is 0 Å². The minimum Gasteiger partial charge on any atom is -0.319 e. The number of carbonyl (C=O) groups excluding carboxylic acids is 1. The van der Waals surface area contributed by atoms with E-state index in [0.717, 1.165) is 18.4 Å². The van der Waals surface area contributed by atoms with Gasteiger partial charge >= 0.3 is 0 Å². The van der Waals surface area contributed by atoms with E-state index in [2.05, 4.69) is 19.2 Å². The van der Waals surface area contributed by atoms with Gasteiger partial charge in [-0.1, -0.05) is 38.3 Å². The van der Waals surface area contributed by atoms with Crippen molar-refractivity contribution in [1.29, 1.82) is 0 Å². The SMILES string of the molecule is CCCCCC(C)N1C(=O)C(C)NC1c1cccc(F)c1. The van der Waals surface area contributed by atoms with Gasteiger partial charge in [-0.25, -0.2) is 4.39 Å². The van der Waals surface area contributed by atoms with Gasteiger partial charge in [0.05, 0.1) is 6.04 Å². The van der Waals surface area contributed by atoms with Gasteiger partial charge in [0.2, 0.25) is 5.91 Å². The van der Waals surface area contributed by atoms with E-state index in [0.29, 0.717) is 0 Å². The topological polar surface area (TPSA) is 32.3 Å². The lowest BCUT2D eigenvalue weighted by atomic mass is 10.1. The standard InChI is InChI=1S/C17H25FN2O/c1-4-5-6-8-12(2)20-16(19-13(3)17(20)21)14-9-7-10-15(18)11-14/h7,9-13,16,19H,4-6,8H2,1-3H3. The molecule has 3 nitrogen and oxygen atoms in total. The van der Waals surface area contributed by atoms with Crippen LogP contribution in [-0.2, 0) is 4.79 Å². The monoisotopic (exact) mass is 292 g/mol. The van der Waals surface area contributed by atoms with E-state index in [-0.39, 0.29) is 30.0 Å². The molecule has 0 radical (unpaired) electrons. The molecule has 4 heteroatoms. The predicted octanol–water partition coefficient (Wildman–Crippen LogP) is 3.61. The number of benzene rings is 1. The first-order chi connectivity index (χ1) is 10.0. The third-order valence-electron chi connectivity index (χ3n) is 4.18. The molecule has 1 aromatic rings. The Hall–Kier alpha value is -1.42. The van der Waals surface area contributed by atoms with Crippen molar-refractivity contribution in [2.24, 2.45) is 0 Å². The Morgan fingerprint density at radius 3 is 2.81 bits per heavy atom. The number of rotatable bonds is 6. The summed E-state index contributed by atoms with van der Waals surface area (Å²) in [4.78, 5) is 14.3. The molecule has 0 bridgehead atoms. The summed E-state index contributed by atoms with van der Waals surface area (Å²) in [6, 6.07) is 6.45. The van der Waals surface area contributed by atoms with Crippen LogP contribution in [0.5, 0.6) is 0 Å². The number of amides is 1. The summed E-state index contributed by atoms with van der Waals surface area (Å²) in [5.41, 5.74) is 0.815. The first-order valence-electron chi connectivity index (χ1n) is 7.88. The molecule has 0 aromatic heterocycles. The van der Waals surface area contributed by atoms with Gasteiger partial charge in [0.25, 0.3) is 0 Å². The predicted molar refractivity (Wildman–Crippen MR) is 82.2 cm³/mol. The van der Waals surface area contributed by atoms with E-state index in [1.807, 2.05) is 17.9 Å². The summed E-state index contributed by atoms with van der Waals surface area (Å²) in [5, 5.41) is 3.28. The molecule has 21 heavy (non-hydrogen) atoms. The first kappa shape index (κ1) is 16.0. The zero-order valence-electron chi connectivity index (χ0n) is 13.1. The summed E-state index contributed by atoms with van der Waals surface area (Å²) in [5.74, 6) is -0.159. The average Bonchev–Trinajstić information content (AvgIpc) is 2.75. The van der Waals surface area contributed by atoms with Crippen LogP contribution in [0.4, 0.5) is 4.39 Å². The molecule has 1 aliphatic rings. The van der Waals surface area contributed by atoms with E-state index in [4.69, 9.17) is 0 Å². The van der Waals surface area contributed by atoms with Crippen LogP contribution in [0.2, 0.25) is 0 Å². The molecule has 0 spiro atoms. The Labute approximate surface area is 126 Å². The number of unbranched alkanes of at least 4 members (excludes halogenated alkanes) is 2. The number of nitrogens with one attached hydrogen (secondary N) is 1. The van der Waals surface area contributed by atoms with Crippen LogP contribution in [0.25, 0.3) is 0 Å². The van der Waals surface area contributed by atoms with Gasteiger partial charge < -0.3 is 4.90 Å². The molecule has 3 atom stereocenters. The summed E-state index contributed by atoms with van der Waals surface area (Å²) in [6.07, 6.45) is 4.23. The van der Waals surface area contributed by atoms with Gasteiger partial charge in [0.1, 0.15) is 12.0 Å². The van der Waals surface area contributed by atoms with E-state index in [9.17, 15) is 9.18 Å². The molecular weight excluding hydrogens is 267 g/mol. The van der Waals surface area contributed by atoms with Crippen molar-refractivity contribution in [3.05, 3.63) is 35.6 Å². The fourth-order valence-electron chi connectivity index (χ4n) is 2.97. The lowest BCUT2D eigenvalue weighted by Gasteiger charge is -2.30. The van der Waals surface area contributed by atoms with Crippen LogP contribution in [0.1, 0.15) is 58.2 Å². The fraction of sp³-hybridized carbons (Fsp3) is 0.588. The van der Waals surface area contributed by atoms with Crippen molar-refractivity contribution in [3.8, 4) is 0 Å². The zero-order valence-corrected chi connectivity index (χ0v) is 13.1. The molecule has 0 saturated carbocycles. The Kier molecular flexibility index (Phi) is 5.34. The van der Waals surface area contributed by atoms with Crippen LogP contribution < -0.4 is 5.32 Å². The van der Waals surface area contributed by atoms with Crippen molar-refractivity contribution >= 4 is 5.91 Å². The molecule has 1 aromatic carbocycles. The maximum Gasteiger partial charge on any atom is 0.241 e. The molecule has 0 aliphatic carbocycles. The van der Waals surface area contributed by atoms with Gasteiger partial charge in [0, 0.05) is 6.04 Å². The molecule has 1 heterocycles. The van der Waals surface area contributed by atoms with Gasteiger partial charge in [-0.2, -0.15) is 0 Å². The van der Waals surface area contributed by atoms with Gasteiger partial charge in [-0.15, -0.1) is 0 Å². The zero-order chi connectivity index (χ0) is 15.4. The fourth-order valence-corrected chi connectivity index (χ4v) is 2.97. The number of halogens is 1. The smallest absolute Gasteiger partial charge is 0.241 e. The highest BCUT2D eigenvalue weighted by Crippen LogP contribution is 2.29. The minimum atomic E-state index is -0.264. The van der Waals surface area contributed by atoms with Crippen molar-refractivity contribution in [2.45, 2.75) is 64.7 Å². The van der Waals surface area contributed by atoms with E-state index in [1.54, 1.807) is 6.07 Å². The summed E-state index contributed by atoms with van der Waals surface area (Å²) in [6.45, 7) is 6.12. The average molecular weight is 292 g/mol. The Morgan fingerprint density at radius 2 is 2.14 bits per heavy atom. The van der Waals surface area contributed by atoms with Gasteiger partial charge in [-0.3, -0.25) is 10.1 Å². The molecule has 1 saturated heterocycles. The summed E-state index contributed by atoms with van der Waals surface area (Å²) >= 11 is 0. The molecule has 1 aliphatic heterocycles. The first-order valence-corrected chi connectivity index (χ1v) is 7.88. The molecule has 3 unspecified atom stereocenters. The molecular formula is C17H25FN2O. The molecule has 116 valence electrons. The van der Waals surface area contributed by atoms with Crippen LogP contribution in [0, 0.1) is 5.82 Å². The quantitative estimate of drug-likeness (QED) is 0.812. The summed E-state index contributed by atoms with van der Waals surface area (Å²) in [7, 11) is 0. The van der Waals surface area contributed by atoms with Gasteiger partial charge in [0.15, 0.2) is 0 Å². The third kappa shape index (κ3) is 3.62. The second-order valence-electron chi connectivity index (χ2n) is 5.94. The van der Waals surface area contributed by atoms with Crippen molar-refractivity contribution in [1.82, 2.24) is 10.2 Å². The van der Waals surface area contributed by atoms with Crippen LogP contribution >= 0.6 is 0 Å². The second-order valence-corrected chi connectivity index (χ2v) is 5.94. The van der Waals surface area contributed by atoms with Gasteiger partial charge in [-0.05, 0) is 38.0 Å². The number of carbonyl (C=O) groups is 1. The largest absolute Gasteiger partial charge is 0.319 e. The number of hydrogen-bond acceptors (Lipinski definition) is 2. The lowest BCUT2D eigenvalue weighted by Crippen LogP contribution is -2.38. The van der Waals surface area contributed by atoms with Crippen molar-refractivity contribution in [2.75, 3.05) is 0 Å². The molecule has 1 amide bonds. The Morgan fingerprint density at radius 1 is 1.38 bits per heavy atom. The van der Waals surface area contributed by atoms with Crippen LogP contribution in [0.15, 0.2) is 24.3 Å². The van der Waals surface area contributed by atoms with Crippen LogP contribution in [0.3, 0.4) is 0 Å². The maximum atomic E-state index is 13.5. The van der Waals surface area contributed by atoms with Crippen molar-refractivity contribution < 1.29 is 9.18 Å². The lowest BCUT2D eigenvalue weighted by molar-refractivity contribution is -0.131. The minimum absolute atomic E-state index is 0.105. The number of nitrogens with zero attached hydrogens (tertiary/aromatic N) is 1. The normalized spacial score (nSPS) is 23.6. The maximum absolute atomic E-state index is 13.5. The Bertz CT molecular complexity index is 491. The second kappa shape index (κ2) is 7.03. The molecule has 1 N–H and O–H groups in total. The highest BCUT2D eigenvalue weighted by atomic mass is 19.1. The molecule has 1 fully saturated rings. The van der Waals surface area contributed by atoms with E-state index >= 15 is 0 Å². The van der Waals surface area contributed by atoms with E-state index < -0.39 is 0 Å². The Balaban J connectivity index is 2.16. The highest BCUT2D eigenvalue weighted by Gasteiger charge is 2.39. The third-order valence-corrected chi connectivity index (χ3v) is 4.18. The van der Waals surface area contributed by atoms with E-state index in [1.165, 1.54) is 25.0 Å². The summed E-state index contributed by atoms with van der Waals surface area (Å²) < 4.78 is 13.5.